The lowest BCUT2D eigenvalue weighted by atomic mass is 10.2. The first kappa shape index (κ1) is 19.7. The third kappa shape index (κ3) is 5.43. The van der Waals surface area contributed by atoms with Gasteiger partial charge < -0.3 is 19.5 Å². The van der Waals surface area contributed by atoms with Crippen LogP contribution < -0.4 is 14.8 Å². The molecule has 0 saturated heterocycles. The molecule has 0 fully saturated rings. The number of ether oxygens (including phenoxy) is 3. The Morgan fingerprint density at radius 3 is 2.63 bits per heavy atom. The Hall–Kier alpha value is -3.62. The maximum atomic E-state index is 12.1. The maximum absolute atomic E-state index is 12.1. The predicted molar refractivity (Wildman–Crippen MR) is 96.2 cm³/mol. The summed E-state index contributed by atoms with van der Waals surface area (Å²) in [6.45, 7) is 1.63. The second-order valence-corrected chi connectivity index (χ2v) is 5.23. The number of carbonyl (C=O) groups excluding carboxylic acids is 2. The molecular formula is C18H18N2O7. The van der Waals surface area contributed by atoms with E-state index in [0.717, 1.165) is 0 Å². The largest absolute Gasteiger partial charge is 0.494 e. The Morgan fingerprint density at radius 1 is 1.19 bits per heavy atom. The quantitative estimate of drug-likeness (QED) is 0.429. The molecule has 0 atom stereocenters. The highest BCUT2D eigenvalue weighted by molar-refractivity contribution is 5.93. The highest BCUT2D eigenvalue weighted by Gasteiger charge is 2.14. The number of non-ortho nitro benzene ring substituents is 1. The molecule has 27 heavy (non-hydrogen) atoms. The van der Waals surface area contributed by atoms with E-state index in [2.05, 4.69) is 5.32 Å². The standard InChI is InChI=1S/C18H18N2O7/c1-3-26-18(22)12-5-4-6-14(9-12)27-11-17(21)19-15-8-7-13(20(23)24)10-16(15)25-2/h4-10H,3,11H2,1-2H3,(H,19,21). The third-order valence-electron chi connectivity index (χ3n) is 3.39. The number of esters is 1. The number of hydrogen-bond donors (Lipinski definition) is 1. The molecule has 0 heterocycles. The SMILES string of the molecule is CCOC(=O)c1cccc(OCC(=O)Nc2ccc([N+](=O)[O-])cc2OC)c1. The Bertz CT molecular complexity index is 851. The molecule has 0 bridgehead atoms. The third-order valence-corrected chi connectivity index (χ3v) is 3.39. The van der Waals surface area contributed by atoms with Crippen molar-refractivity contribution in [1.82, 2.24) is 0 Å². The molecule has 0 unspecified atom stereocenters. The van der Waals surface area contributed by atoms with Crippen molar-refractivity contribution in [2.24, 2.45) is 0 Å². The summed E-state index contributed by atoms with van der Waals surface area (Å²) in [5, 5.41) is 13.3. The first-order chi connectivity index (χ1) is 12.9. The van der Waals surface area contributed by atoms with Crippen molar-refractivity contribution >= 4 is 23.3 Å². The van der Waals surface area contributed by atoms with Crippen LogP contribution in [0.3, 0.4) is 0 Å². The van der Waals surface area contributed by atoms with E-state index >= 15 is 0 Å². The van der Waals surface area contributed by atoms with Gasteiger partial charge in [0.15, 0.2) is 6.61 Å². The summed E-state index contributed by atoms with van der Waals surface area (Å²) in [4.78, 5) is 34.0. The van der Waals surface area contributed by atoms with E-state index in [4.69, 9.17) is 14.2 Å². The Labute approximate surface area is 155 Å². The van der Waals surface area contributed by atoms with Crippen molar-refractivity contribution in [3.63, 3.8) is 0 Å². The molecule has 0 saturated carbocycles. The number of benzene rings is 2. The van der Waals surface area contributed by atoms with Gasteiger partial charge >= 0.3 is 5.97 Å². The first-order valence-corrected chi connectivity index (χ1v) is 7.97. The molecule has 2 rings (SSSR count). The lowest BCUT2D eigenvalue weighted by Crippen LogP contribution is -2.20. The van der Waals surface area contributed by atoms with E-state index < -0.39 is 16.8 Å². The van der Waals surface area contributed by atoms with Crippen molar-refractivity contribution in [1.29, 1.82) is 0 Å². The summed E-state index contributed by atoms with van der Waals surface area (Å²) in [7, 11) is 1.34. The van der Waals surface area contributed by atoms with E-state index in [1.54, 1.807) is 25.1 Å². The molecule has 0 aliphatic carbocycles. The number of methoxy groups -OCH3 is 1. The van der Waals surface area contributed by atoms with Crippen LogP contribution in [-0.4, -0.2) is 37.1 Å². The number of nitrogens with zero attached hydrogens (tertiary/aromatic N) is 1. The number of amides is 1. The minimum atomic E-state index is -0.562. The monoisotopic (exact) mass is 374 g/mol. The Balaban J connectivity index is 2.00. The van der Waals surface area contributed by atoms with Gasteiger partial charge in [-0.1, -0.05) is 6.07 Å². The van der Waals surface area contributed by atoms with Gasteiger partial charge in [0.25, 0.3) is 11.6 Å². The van der Waals surface area contributed by atoms with E-state index in [0.29, 0.717) is 11.3 Å². The number of hydrogen-bond acceptors (Lipinski definition) is 7. The van der Waals surface area contributed by atoms with Crippen LogP contribution in [0.25, 0.3) is 0 Å². The zero-order valence-corrected chi connectivity index (χ0v) is 14.8. The smallest absolute Gasteiger partial charge is 0.338 e. The van der Waals surface area contributed by atoms with E-state index in [-0.39, 0.29) is 30.3 Å². The van der Waals surface area contributed by atoms with Crippen molar-refractivity contribution in [3.8, 4) is 11.5 Å². The van der Waals surface area contributed by atoms with Crippen LogP contribution in [0.2, 0.25) is 0 Å². The van der Waals surface area contributed by atoms with Crippen molar-refractivity contribution in [2.75, 3.05) is 25.6 Å². The number of nitrogens with one attached hydrogen (secondary N) is 1. The molecule has 0 radical (unpaired) electrons. The second-order valence-electron chi connectivity index (χ2n) is 5.23. The molecule has 1 amide bonds. The van der Waals surface area contributed by atoms with Crippen LogP contribution in [0, 0.1) is 10.1 Å². The minimum absolute atomic E-state index is 0.154. The van der Waals surface area contributed by atoms with Gasteiger partial charge in [-0.25, -0.2) is 4.79 Å². The van der Waals surface area contributed by atoms with E-state index in [9.17, 15) is 19.7 Å². The van der Waals surface area contributed by atoms with Crippen LogP contribution in [0.1, 0.15) is 17.3 Å². The predicted octanol–water partition coefficient (Wildman–Crippen LogP) is 2.80. The number of anilines is 1. The highest BCUT2D eigenvalue weighted by atomic mass is 16.6. The average molecular weight is 374 g/mol. The molecule has 0 spiro atoms. The summed E-state index contributed by atoms with van der Waals surface area (Å²) in [5.74, 6) is -0.500. The summed E-state index contributed by atoms with van der Waals surface area (Å²) in [5.41, 5.74) is 0.431. The van der Waals surface area contributed by atoms with Crippen molar-refractivity contribution < 1.29 is 28.7 Å². The first-order valence-electron chi connectivity index (χ1n) is 7.97. The molecule has 0 aliphatic heterocycles. The van der Waals surface area contributed by atoms with Gasteiger partial charge in [0.2, 0.25) is 0 Å². The number of nitro benzene ring substituents is 1. The van der Waals surface area contributed by atoms with Gasteiger partial charge in [0.1, 0.15) is 11.5 Å². The fourth-order valence-electron chi connectivity index (χ4n) is 2.16. The fourth-order valence-corrected chi connectivity index (χ4v) is 2.16. The van der Waals surface area contributed by atoms with Gasteiger partial charge in [0, 0.05) is 6.07 Å². The molecule has 1 N–H and O–H groups in total. The Kier molecular flexibility index (Phi) is 6.70. The lowest BCUT2D eigenvalue weighted by Gasteiger charge is -2.11. The molecule has 2 aromatic carbocycles. The topological polar surface area (TPSA) is 117 Å². The van der Waals surface area contributed by atoms with Crippen LogP contribution in [0.4, 0.5) is 11.4 Å². The number of nitro groups is 1. The molecular weight excluding hydrogens is 356 g/mol. The van der Waals surface area contributed by atoms with Gasteiger partial charge in [-0.3, -0.25) is 14.9 Å². The minimum Gasteiger partial charge on any atom is -0.494 e. The summed E-state index contributed by atoms with van der Waals surface area (Å²) in [6.07, 6.45) is 0. The zero-order chi connectivity index (χ0) is 19.8. The van der Waals surface area contributed by atoms with E-state index in [1.165, 1.54) is 31.4 Å². The fraction of sp³-hybridized carbons (Fsp3) is 0.222. The number of carbonyl (C=O) groups is 2. The molecule has 142 valence electrons. The molecule has 9 heteroatoms. The summed E-state index contributed by atoms with van der Waals surface area (Å²) < 4.78 is 15.3. The van der Waals surface area contributed by atoms with Gasteiger partial charge in [-0.15, -0.1) is 0 Å². The van der Waals surface area contributed by atoms with Crippen LogP contribution >= 0.6 is 0 Å². The highest BCUT2D eigenvalue weighted by Crippen LogP contribution is 2.28. The summed E-state index contributed by atoms with van der Waals surface area (Å²) >= 11 is 0. The normalized spacial score (nSPS) is 10.0. The maximum Gasteiger partial charge on any atom is 0.338 e. The van der Waals surface area contributed by atoms with Crippen LogP contribution in [-0.2, 0) is 9.53 Å². The van der Waals surface area contributed by atoms with Gasteiger partial charge in [-0.05, 0) is 31.2 Å². The second kappa shape index (κ2) is 9.18. The Morgan fingerprint density at radius 2 is 1.96 bits per heavy atom. The van der Waals surface area contributed by atoms with Gasteiger partial charge in [-0.2, -0.15) is 0 Å². The van der Waals surface area contributed by atoms with Crippen LogP contribution in [0.15, 0.2) is 42.5 Å². The summed E-state index contributed by atoms with van der Waals surface area (Å²) in [6, 6.07) is 10.1. The zero-order valence-electron chi connectivity index (χ0n) is 14.8. The molecule has 2 aromatic rings. The van der Waals surface area contributed by atoms with Gasteiger partial charge in [0.05, 0.1) is 36.0 Å². The van der Waals surface area contributed by atoms with Crippen molar-refractivity contribution in [2.45, 2.75) is 6.92 Å². The number of rotatable bonds is 8. The molecule has 9 nitrogen and oxygen atoms in total. The lowest BCUT2D eigenvalue weighted by molar-refractivity contribution is -0.384. The van der Waals surface area contributed by atoms with Crippen molar-refractivity contribution in [3.05, 3.63) is 58.1 Å². The average Bonchev–Trinajstić information content (AvgIpc) is 2.67. The molecule has 0 aliphatic rings. The van der Waals surface area contributed by atoms with Crippen LogP contribution in [0.5, 0.6) is 11.5 Å². The molecule has 0 aromatic heterocycles. The van der Waals surface area contributed by atoms with E-state index in [1.807, 2.05) is 0 Å².